The lowest BCUT2D eigenvalue weighted by atomic mass is 10.0. The van der Waals surface area contributed by atoms with Crippen LogP contribution in [0.25, 0.3) is 0 Å². The number of hydrogen-bond donors (Lipinski definition) is 2. The molecule has 0 atom stereocenters. The monoisotopic (exact) mass is 193 g/mol. The van der Waals surface area contributed by atoms with Gasteiger partial charge in [-0.2, -0.15) is 0 Å². The van der Waals surface area contributed by atoms with Crippen LogP contribution in [0.3, 0.4) is 0 Å². The maximum Gasteiger partial charge on any atom is 0.407 e. The molecular formula is C10H11NO3. The number of hydrogen-bond acceptors (Lipinski definition) is 2. The average Bonchev–Trinajstić information content (AvgIpc) is 2.60. The van der Waals surface area contributed by atoms with Gasteiger partial charge in [0, 0.05) is 6.54 Å². The van der Waals surface area contributed by atoms with Crippen molar-refractivity contribution < 1.29 is 15.0 Å². The van der Waals surface area contributed by atoms with E-state index >= 15 is 0 Å². The Morgan fingerprint density at radius 3 is 2.86 bits per heavy atom. The summed E-state index contributed by atoms with van der Waals surface area (Å²) in [6, 6.07) is 5.57. The molecule has 2 rings (SSSR count). The van der Waals surface area contributed by atoms with Crippen LogP contribution < -0.4 is 0 Å². The van der Waals surface area contributed by atoms with Crippen LogP contribution in [0.1, 0.15) is 16.7 Å². The third-order valence-electron chi connectivity index (χ3n) is 2.52. The van der Waals surface area contributed by atoms with E-state index in [2.05, 4.69) is 0 Å². The SMILES string of the molecule is O=C(O)N1Cc2cccc(CO)c2C1. The third-order valence-corrected chi connectivity index (χ3v) is 2.52. The highest BCUT2D eigenvalue weighted by atomic mass is 16.4. The summed E-state index contributed by atoms with van der Waals surface area (Å²) in [5.74, 6) is 0. The number of amides is 1. The van der Waals surface area contributed by atoms with Crippen molar-refractivity contribution in [2.45, 2.75) is 19.7 Å². The molecule has 0 radical (unpaired) electrons. The number of carboxylic acid groups (broad SMARTS) is 1. The summed E-state index contributed by atoms with van der Waals surface area (Å²) in [7, 11) is 0. The van der Waals surface area contributed by atoms with Crippen LogP contribution in [0.4, 0.5) is 4.79 Å². The van der Waals surface area contributed by atoms with Gasteiger partial charge in [0.25, 0.3) is 0 Å². The molecule has 0 bridgehead atoms. The molecule has 1 aliphatic heterocycles. The number of rotatable bonds is 1. The largest absolute Gasteiger partial charge is 0.465 e. The predicted molar refractivity (Wildman–Crippen MR) is 49.6 cm³/mol. The Balaban J connectivity index is 2.34. The summed E-state index contributed by atoms with van der Waals surface area (Å²) in [6.07, 6.45) is -0.912. The number of carbonyl (C=O) groups is 1. The van der Waals surface area contributed by atoms with E-state index in [9.17, 15) is 4.79 Å². The van der Waals surface area contributed by atoms with Gasteiger partial charge < -0.3 is 10.2 Å². The van der Waals surface area contributed by atoms with Gasteiger partial charge >= 0.3 is 6.09 Å². The minimum Gasteiger partial charge on any atom is -0.465 e. The van der Waals surface area contributed by atoms with Crippen LogP contribution in [-0.4, -0.2) is 21.2 Å². The van der Waals surface area contributed by atoms with Gasteiger partial charge in [0.15, 0.2) is 0 Å². The van der Waals surface area contributed by atoms with Gasteiger partial charge in [-0.1, -0.05) is 18.2 Å². The zero-order valence-corrected chi connectivity index (χ0v) is 7.60. The van der Waals surface area contributed by atoms with Gasteiger partial charge in [0.1, 0.15) is 0 Å². The van der Waals surface area contributed by atoms with Crippen LogP contribution in [0, 0.1) is 0 Å². The van der Waals surface area contributed by atoms with Crippen molar-refractivity contribution in [2.24, 2.45) is 0 Å². The minimum absolute atomic E-state index is 0.0311. The number of aliphatic hydroxyl groups excluding tert-OH is 1. The Kier molecular flexibility index (Phi) is 2.13. The van der Waals surface area contributed by atoms with E-state index in [1.54, 1.807) is 0 Å². The zero-order valence-electron chi connectivity index (χ0n) is 7.60. The Bertz CT molecular complexity index is 376. The zero-order chi connectivity index (χ0) is 10.1. The Labute approximate surface area is 81.4 Å². The van der Waals surface area contributed by atoms with E-state index < -0.39 is 6.09 Å². The maximum atomic E-state index is 10.7. The van der Waals surface area contributed by atoms with Gasteiger partial charge in [0.2, 0.25) is 0 Å². The lowest BCUT2D eigenvalue weighted by Crippen LogP contribution is -2.22. The fraction of sp³-hybridized carbons (Fsp3) is 0.300. The highest BCUT2D eigenvalue weighted by Crippen LogP contribution is 2.25. The molecule has 4 nitrogen and oxygen atoms in total. The van der Waals surface area contributed by atoms with Crippen molar-refractivity contribution >= 4 is 6.09 Å². The molecule has 0 unspecified atom stereocenters. The second-order valence-electron chi connectivity index (χ2n) is 3.35. The van der Waals surface area contributed by atoms with Crippen LogP contribution in [0.2, 0.25) is 0 Å². The molecule has 0 saturated carbocycles. The van der Waals surface area contributed by atoms with Crippen LogP contribution in [0.15, 0.2) is 18.2 Å². The van der Waals surface area contributed by atoms with Crippen molar-refractivity contribution in [3.63, 3.8) is 0 Å². The molecule has 0 aromatic heterocycles. The first-order valence-corrected chi connectivity index (χ1v) is 4.40. The van der Waals surface area contributed by atoms with Gasteiger partial charge in [-0.15, -0.1) is 0 Å². The van der Waals surface area contributed by atoms with Gasteiger partial charge in [-0.25, -0.2) is 4.79 Å². The molecule has 1 heterocycles. The second kappa shape index (κ2) is 3.31. The lowest BCUT2D eigenvalue weighted by molar-refractivity contribution is 0.145. The first-order valence-electron chi connectivity index (χ1n) is 4.40. The molecule has 1 amide bonds. The minimum atomic E-state index is -0.912. The van der Waals surface area contributed by atoms with E-state index in [4.69, 9.17) is 10.2 Å². The van der Waals surface area contributed by atoms with Crippen molar-refractivity contribution in [3.8, 4) is 0 Å². The second-order valence-corrected chi connectivity index (χ2v) is 3.35. The molecule has 1 aliphatic rings. The van der Waals surface area contributed by atoms with Crippen molar-refractivity contribution in [1.29, 1.82) is 0 Å². The first kappa shape index (κ1) is 9.02. The molecular weight excluding hydrogens is 182 g/mol. The first-order chi connectivity index (χ1) is 6.72. The summed E-state index contributed by atoms with van der Waals surface area (Å²) in [5.41, 5.74) is 2.78. The molecule has 1 aromatic rings. The van der Waals surface area contributed by atoms with Gasteiger partial charge in [-0.05, 0) is 16.7 Å². The van der Waals surface area contributed by atoms with Crippen molar-refractivity contribution in [2.75, 3.05) is 0 Å². The maximum absolute atomic E-state index is 10.7. The normalized spacial score (nSPS) is 14.2. The fourth-order valence-electron chi connectivity index (χ4n) is 1.77. The molecule has 2 N–H and O–H groups in total. The number of fused-ring (bicyclic) bond motifs is 1. The van der Waals surface area contributed by atoms with Crippen molar-refractivity contribution in [1.82, 2.24) is 4.90 Å². The molecule has 0 fully saturated rings. The number of nitrogens with zero attached hydrogens (tertiary/aromatic N) is 1. The fourth-order valence-corrected chi connectivity index (χ4v) is 1.77. The van der Waals surface area contributed by atoms with Gasteiger partial charge in [-0.3, -0.25) is 4.90 Å². The summed E-state index contributed by atoms with van der Waals surface area (Å²) in [5, 5.41) is 17.9. The summed E-state index contributed by atoms with van der Waals surface area (Å²) in [4.78, 5) is 12.1. The predicted octanol–water partition coefficient (Wildman–Crippen LogP) is 1.17. The van der Waals surface area contributed by atoms with Crippen LogP contribution >= 0.6 is 0 Å². The topological polar surface area (TPSA) is 60.8 Å². The molecule has 0 aliphatic carbocycles. The molecule has 74 valence electrons. The third kappa shape index (κ3) is 1.33. The van der Waals surface area contributed by atoms with Crippen molar-refractivity contribution in [3.05, 3.63) is 34.9 Å². The Morgan fingerprint density at radius 1 is 1.43 bits per heavy atom. The number of aliphatic hydroxyl groups is 1. The quantitative estimate of drug-likeness (QED) is 0.703. The molecule has 14 heavy (non-hydrogen) atoms. The van der Waals surface area contributed by atoms with Crippen LogP contribution in [0.5, 0.6) is 0 Å². The molecule has 0 saturated heterocycles. The lowest BCUT2D eigenvalue weighted by Gasteiger charge is -2.09. The van der Waals surface area contributed by atoms with E-state index in [-0.39, 0.29) is 6.61 Å². The standard InChI is InChI=1S/C10H11NO3/c12-6-8-3-1-2-7-4-11(10(13)14)5-9(7)8/h1-3,12H,4-6H2,(H,13,14). The Morgan fingerprint density at radius 2 is 2.21 bits per heavy atom. The molecule has 0 spiro atoms. The van der Waals surface area contributed by atoms with E-state index in [1.807, 2.05) is 18.2 Å². The van der Waals surface area contributed by atoms with Gasteiger partial charge in [0.05, 0.1) is 13.2 Å². The molecule has 4 heteroatoms. The molecule has 1 aromatic carbocycles. The van der Waals surface area contributed by atoms with Crippen LogP contribution in [-0.2, 0) is 19.7 Å². The van der Waals surface area contributed by atoms with E-state index in [1.165, 1.54) is 4.90 Å². The highest BCUT2D eigenvalue weighted by Gasteiger charge is 2.24. The summed E-state index contributed by atoms with van der Waals surface area (Å²) < 4.78 is 0. The number of benzene rings is 1. The summed E-state index contributed by atoms with van der Waals surface area (Å²) in [6.45, 7) is 0.788. The Hall–Kier alpha value is -1.55. The summed E-state index contributed by atoms with van der Waals surface area (Å²) >= 11 is 0. The highest BCUT2D eigenvalue weighted by molar-refractivity contribution is 5.66. The van der Waals surface area contributed by atoms with E-state index in [0.717, 1.165) is 16.7 Å². The average molecular weight is 193 g/mol. The van der Waals surface area contributed by atoms with E-state index in [0.29, 0.717) is 13.1 Å². The smallest absolute Gasteiger partial charge is 0.407 e.